The SMILES string of the molecule is C=CC(C)C(I)(NC(=O)[C@@H]1C[C@@H]2CN1C(=O)[C@H](C1CCCCC1)NC(=O)O[C@@H]1C[C@H]1CCCCCc1c(nc3ccccc3c1OCCCN1CCN(C)CC1)O2)C(=O)NS(=O)(=O)C1(C)CC1. The van der Waals surface area contributed by atoms with E-state index in [2.05, 4.69) is 38.8 Å². The number of amides is 4. The van der Waals surface area contributed by atoms with Crippen molar-refractivity contribution in [3.8, 4) is 11.6 Å². The topological polar surface area (TPSA) is 189 Å². The second kappa shape index (κ2) is 21.1. The van der Waals surface area contributed by atoms with Gasteiger partial charge in [0, 0.05) is 50.4 Å². The molecule has 7 atom stereocenters. The van der Waals surface area contributed by atoms with Gasteiger partial charge in [0.1, 0.15) is 30.0 Å². The summed E-state index contributed by atoms with van der Waals surface area (Å²) in [6.45, 7) is 12.7. The maximum Gasteiger partial charge on any atom is 0.408 e. The monoisotopic (exact) mass is 1060 g/mol. The molecule has 2 saturated heterocycles. The number of alkyl carbamates (subject to hydrolysis) is 1. The molecule has 2 unspecified atom stereocenters. The molecule has 3 aliphatic heterocycles. The minimum absolute atomic E-state index is 0.0130. The van der Waals surface area contributed by atoms with Gasteiger partial charge in [-0.3, -0.25) is 14.4 Å². The van der Waals surface area contributed by atoms with Crippen molar-refractivity contribution in [2.45, 2.75) is 143 Å². The number of halogens is 1. The van der Waals surface area contributed by atoms with Crippen LogP contribution in [0.4, 0.5) is 4.79 Å². The number of fused-ring (bicyclic) bond motifs is 5. The molecule has 4 heterocycles. The van der Waals surface area contributed by atoms with Gasteiger partial charge in [0.2, 0.25) is 27.7 Å². The summed E-state index contributed by atoms with van der Waals surface area (Å²) in [6, 6.07) is 5.74. The lowest BCUT2D eigenvalue weighted by molar-refractivity contribution is -0.142. The van der Waals surface area contributed by atoms with E-state index in [9.17, 15) is 22.8 Å². The molecule has 0 spiro atoms. The van der Waals surface area contributed by atoms with Crippen molar-refractivity contribution in [1.82, 2.24) is 35.0 Å². The Labute approximate surface area is 409 Å². The van der Waals surface area contributed by atoms with Gasteiger partial charge in [0.05, 0.1) is 29.0 Å². The fourth-order valence-electron chi connectivity index (χ4n) is 10.2. The Morgan fingerprint density at radius 1 is 1.03 bits per heavy atom. The van der Waals surface area contributed by atoms with E-state index < -0.39 is 66.2 Å². The van der Waals surface area contributed by atoms with Gasteiger partial charge in [0.25, 0.3) is 5.91 Å². The third kappa shape index (κ3) is 11.5. The van der Waals surface area contributed by atoms with E-state index in [1.54, 1.807) is 36.4 Å². The van der Waals surface area contributed by atoms with Crippen LogP contribution in [0.3, 0.4) is 0 Å². The van der Waals surface area contributed by atoms with Crippen LogP contribution in [0.5, 0.6) is 11.6 Å². The van der Waals surface area contributed by atoms with E-state index in [1.807, 2.05) is 24.3 Å². The third-order valence-electron chi connectivity index (χ3n) is 15.2. The third-order valence-corrected chi connectivity index (χ3v) is 19.1. The zero-order valence-electron chi connectivity index (χ0n) is 39.4. The van der Waals surface area contributed by atoms with Crippen LogP contribution in [0.2, 0.25) is 0 Å². The van der Waals surface area contributed by atoms with E-state index in [-0.39, 0.29) is 30.9 Å². The quantitative estimate of drug-likeness (QED) is 0.0716. The summed E-state index contributed by atoms with van der Waals surface area (Å²) in [5, 5.41) is 6.74. The molecule has 368 valence electrons. The molecule has 5 fully saturated rings. The molecule has 8 rings (SSSR count). The highest BCUT2D eigenvalue weighted by Crippen LogP contribution is 2.44. The summed E-state index contributed by atoms with van der Waals surface area (Å²) >= 11 is 1.79. The number of carbonyl (C=O) groups is 4. The summed E-state index contributed by atoms with van der Waals surface area (Å²) in [7, 11) is -1.91. The number of pyridine rings is 1. The Hall–Kier alpha value is -3.75. The van der Waals surface area contributed by atoms with Gasteiger partial charge in [0.15, 0.2) is 3.55 Å². The standard InChI is InChI=1S/C49H70IN7O9S/c1-5-32(2)49(50,46(60)54-67(62,63)48(3)21-22-48)53-43(58)39-30-35-31-57(39)45(59)41(33-15-8-6-9-16-33)52-47(61)66-40-29-34(40)17-10-7-11-19-37-42(36-18-12-13-20-38(36)51-44(37)65-35)64-28-14-23-56-26-24-55(4)25-27-56/h5,12-13,18,20,32-35,39-41H,1,6-11,14-17,19,21-31H2,2-4H3,(H,52,61)(H,53,58)(H,54,60)/t32?,34-,35-,39+,40-,41+,49?/m1/s1. The van der Waals surface area contributed by atoms with Crippen molar-refractivity contribution >= 4 is 67.3 Å². The van der Waals surface area contributed by atoms with Gasteiger partial charge in [-0.25, -0.2) is 22.9 Å². The number of ether oxygens (including phenoxy) is 3. The lowest BCUT2D eigenvalue weighted by Gasteiger charge is -2.36. The molecule has 2 aromatic rings. The zero-order valence-corrected chi connectivity index (χ0v) is 42.4. The Kier molecular flexibility index (Phi) is 15.6. The first kappa shape index (κ1) is 49.7. The first-order valence-electron chi connectivity index (χ1n) is 24.7. The van der Waals surface area contributed by atoms with Crippen LogP contribution in [0.1, 0.15) is 109 Å². The first-order valence-corrected chi connectivity index (χ1v) is 27.2. The predicted molar refractivity (Wildman–Crippen MR) is 263 cm³/mol. The minimum Gasteiger partial charge on any atom is -0.492 e. The van der Waals surface area contributed by atoms with Crippen molar-refractivity contribution in [2.24, 2.45) is 17.8 Å². The summed E-state index contributed by atoms with van der Waals surface area (Å²) in [6.07, 6.45) is 11.0. The number of hydrogen-bond donors (Lipinski definition) is 3. The predicted octanol–water partition coefficient (Wildman–Crippen LogP) is 5.85. The number of piperazine rings is 1. The van der Waals surface area contributed by atoms with E-state index in [4.69, 9.17) is 19.2 Å². The number of nitrogens with one attached hydrogen (secondary N) is 3. The molecule has 4 amide bonds. The van der Waals surface area contributed by atoms with Crippen molar-refractivity contribution in [1.29, 1.82) is 0 Å². The zero-order chi connectivity index (χ0) is 47.5. The van der Waals surface area contributed by atoms with Gasteiger partial charge >= 0.3 is 6.09 Å². The average Bonchev–Trinajstić information content (AvgIpc) is 4.21. The molecular weight excluding hydrogens is 990 g/mol. The minimum atomic E-state index is -4.06. The van der Waals surface area contributed by atoms with Crippen molar-refractivity contribution in [2.75, 3.05) is 52.9 Å². The molecular formula is C49H70IN7O9S. The van der Waals surface area contributed by atoms with Crippen LogP contribution in [0.25, 0.3) is 10.9 Å². The maximum absolute atomic E-state index is 15.2. The molecule has 0 radical (unpaired) electrons. The lowest BCUT2D eigenvalue weighted by atomic mass is 9.83. The van der Waals surface area contributed by atoms with Crippen LogP contribution in [-0.4, -0.2) is 137 Å². The van der Waals surface area contributed by atoms with Crippen LogP contribution < -0.4 is 24.8 Å². The Morgan fingerprint density at radius 2 is 1.73 bits per heavy atom. The number of carbonyl (C=O) groups excluding carboxylic acids is 4. The van der Waals surface area contributed by atoms with Crippen molar-refractivity contribution in [3.05, 3.63) is 42.5 Å². The number of para-hydroxylation sites is 1. The number of nitrogens with zero attached hydrogens (tertiary/aromatic N) is 4. The highest BCUT2D eigenvalue weighted by Gasteiger charge is 2.54. The van der Waals surface area contributed by atoms with Gasteiger partial charge in [-0.2, -0.15) is 0 Å². The second-order valence-corrected chi connectivity index (χ2v) is 24.1. The highest BCUT2D eigenvalue weighted by molar-refractivity contribution is 14.1. The van der Waals surface area contributed by atoms with Gasteiger partial charge < -0.3 is 39.5 Å². The number of benzene rings is 1. The number of aromatic nitrogens is 1. The summed E-state index contributed by atoms with van der Waals surface area (Å²) in [5.74, 6) is -1.56. The fourth-order valence-corrected chi connectivity index (χ4v) is 12.3. The molecule has 6 aliphatic rings. The average molecular weight is 1060 g/mol. The Bertz CT molecular complexity index is 2270. The van der Waals surface area contributed by atoms with E-state index in [0.717, 1.165) is 120 Å². The number of hydrogen-bond acceptors (Lipinski definition) is 12. The molecule has 2 bridgehead atoms. The second-order valence-electron chi connectivity index (χ2n) is 20.2. The van der Waals surface area contributed by atoms with Gasteiger partial charge in [-0.05, 0) is 118 Å². The van der Waals surface area contributed by atoms with Gasteiger partial charge in [-0.15, -0.1) is 6.58 Å². The molecule has 3 aliphatic carbocycles. The molecule has 3 N–H and O–H groups in total. The first-order chi connectivity index (χ1) is 32.1. The molecule has 67 heavy (non-hydrogen) atoms. The molecule has 3 saturated carbocycles. The maximum atomic E-state index is 15.2. The Balaban J connectivity index is 1.13. The highest BCUT2D eigenvalue weighted by atomic mass is 127. The van der Waals surface area contributed by atoms with E-state index in [1.165, 1.54) is 11.0 Å². The van der Waals surface area contributed by atoms with Crippen LogP contribution in [0, 0.1) is 17.8 Å². The summed E-state index contributed by atoms with van der Waals surface area (Å²) < 4.78 is 45.7. The van der Waals surface area contributed by atoms with Crippen molar-refractivity contribution in [3.63, 3.8) is 0 Å². The Morgan fingerprint density at radius 3 is 2.45 bits per heavy atom. The normalized spacial score (nSPS) is 27.9. The molecule has 16 nitrogen and oxygen atoms in total. The van der Waals surface area contributed by atoms with E-state index in [0.29, 0.717) is 37.3 Å². The van der Waals surface area contributed by atoms with Crippen LogP contribution in [-0.2, 0) is 35.6 Å². The lowest BCUT2D eigenvalue weighted by Crippen LogP contribution is -2.63. The largest absolute Gasteiger partial charge is 0.492 e. The summed E-state index contributed by atoms with van der Waals surface area (Å²) in [5.41, 5.74) is 1.55. The number of rotatable bonds is 13. The molecule has 18 heteroatoms. The number of likely N-dealkylation sites (N-methyl/N-ethyl adjacent to an activating group) is 1. The van der Waals surface area contributed by atoms with Crippen LogP contribution >= 0.6 is 22.6 Å². The number of alkyl halides is 1. The molecule has 1 aromatic carbocycles. The molecule has 1 aromatic heterocycles. The smallest absolute Gasteiger partial charge is 0.408 e. The summed E-state index contributed by atoms with van der Waals surface area (Å²) in [4.78, 5) is 69.2. The van der Waals surface area contributed by atoms with Crippen molar-refractivity contribution < 1.29 is 41.8 Å². The fraction of sp³-hybridized carbons (Fsp3) is 0.694. The van der Waals surface area contributed by atoms with E-state index >= 15 is 4.79 Å². The number of sulfonamides is 1. The van der Waals surface area contributed by atoms with Crippen LogP contribution in [0.15, 0.2) is 36.9 Å². The van der Waals surface area contributed by atoms with Gasteiger partial charge in [-0.1, -0.05) is 57.2 Å².